The molecule has 0 bridgehead atoms. The van der Waals surface area contributed by atoms with Gasteiger partial charge in [0.25, 0.3) is 0 Å². The number of ether oxygens (including phenoxy) is 1. The fraction of sp³-hybridized carbons (Fsp3) is 0.412. The normalized spacial score (nSPS) is 15.4. The number of urea groups is 1. The van der Waals surface area contributed by atoms with Crippen molar-refractivity contribution in [3.05, 3.63) is 35.0 Å². The van der Waals surface area contributed by atoms with Gasteiger partial charge in [-0.15, -0.1) is 0 Å². The highest BCUT2D eigenvalue weighted by Crippen LogP contribution is 2.28. The topological polar surface area (TPSA) is 66.5 Å². The lowest BCUT2D eigenvalue weighted by Gasteiger charge is -2.27. The van der Waals surface area contributed by atoms with Crippen LogP contribution in [0.25, 0.3) is 10.8 Å². The zero-order chi connectivity index (χ0) is 16.9. The number of pyridine rings is 1. The maximum Gasteiger partial charge on any atom is 0.320 e. The first kappa shape index (κ1) is 17.0. The van der Waals surface area contributed by atoms with Crippen LogP contribution in [-0.4, -0.2) is 48.8 Å². The SMILES string of the molecule is CCNC(=O)Nc1cc2c(CN3CCOCC3)ccc(Cl)c2cn1. The number of halogens is 1. The van der Waals surface area contributed by atoms with Crippen molar-refractivity contribution in [2.75, 3.05) is 38.2 Å². The molecule has 0 spiro atoms. The average Bonchev–Trinajstić information content (AvgIpc) is 2.59. The number of amides is 2. The van der Waals surface area contributed by atoms with Crippen LogP contribution >= 0.6 is 11.6 Å². The molecule has 0 unspecified atom stereocenters. The van der Waals surface area contributed by atoms with Gasteiger partial charge in [0, 0.05) is 42.8 Å². The lowest BCUT2D eigenvalue weighted by molar-refractivity contribution is 0.0344. The van der Waals surface area contributed by atoms with Gasteiger partial charge in [0.2, 0.25) is 0 Å². The Morgan fingerprint density at radius 1 is 1.33 bits per heavy atom. The molecular formula is C17H21ClN4O2. The van der Waals surface area contributed by atoms with Crippen molar-refractivity contribution < 1.29 is 9.53 Å². The number of benzene rings is 1. The highest BCUT2D eigenvalue weighted by Gasteiger charge is 2.14. The predicted molar refractivity (Wildman–Crippen MR) is 95.5 cm³/mol. The standard InChI is InChI=1S/C17H21ClN4O2/c1-2-19-17(23)21-16-9-13-12(11-22-5-7-24-8-6-22)3-4-15(18)14(13)10-20-16/h3-4,9-10H,2,5-8,11H2,1H3,(H2,19,20,21,23). The fourth-order valence-electron chi connectivity index (χ4n) is 2.79. The summed E-state index contributed by atoms with van der Waals surface area (Å²) in [6.45, 7) is 6.61. The van der Waals surface area contributed by atoms with Crippen molar-refractivity contribution >= 4 is 34.2 Å². The quantitative estimate of drug-likeness (QED) is 0.891. The summed E-state index contributed by atoms with van der Waals surface area (Å²) in [7, 11) is 0. The van der Waals surface area contributed by atoms with Crippen molar-refractivity contribution in [2.45, 2.75) is 13.5 Å². The van der Waals surface area contributed by atoms with Gasteiger partial charge in [-0.1, -0.05) is 17.7 Å². The molecule has 1 aliphatic heterocycles. The minimum atomic E-state index is -0.263. The summed E-state index contributed by atoms with van der Waals surface area (Å²) in [6, 6.07) is 5.56. The monoisotopic (exact) mass is 348 g/mol. The van der Waals surface area contributed by atoms with Crippen LogP contribution in [0, 0.1) is 0 Å². The lowest BCUT2D eigenvalue weighted by atomic mass is 10.1. The second-order valence-corrected chi connectivity index (χ2v) is 6.10. The van der Waals surface area contributed by atoms with E-state index >= 15 is 0 Å². The van der Waals surface area contributed by atoms with E-state index in [2.05, 4.69) is 20.5 Å². The first-order valence-electron chi connectivity index (χ1n) is 8.09. The summed E-state index contributed by atoms with van der Waals surface area (Å²) in [5.41, 5.74) is 1.16. The number of hydrogen-bond donors (Lipinski definition) is 2. The van der Waals surface area contributed by atoms with Crippen molar-refractivity contribution in [1.82, 2.24) is 15.2 Å². The van der Waals surface area contributed by atoms with Crippen LogP contribution < -0.4 is 10.6 Å². The summed E-state index contributed by atoms with van der Waals surface area (Å²) in [5, 5.41) is 8.01. The van der Waals surface area contributed by atoms with Gasteiger partial charge in [0.15, 0.2) is 0 Å². The number of nitrogens with one attached hydrogen (secondary N) is 2. The molecule has 128 valence electrons. The maximum absolute atomic E-state index is 11.7. The number of rotatable bonds is 4. The van der Waals surface area contributed by atoms with E-state index in [4.69, 9.17) is 16.3 Å². The highest BCUT2D eigenvalue weighted by molar-refractivity contribution is 6.35. The highest BCUT2D eigenvalue weighted by atomic mass is 35.5. The molecule has 3 rings (SSSR count). The molecule has 1 saturated heterocycles. The molecule has 6 nitrogen and oxygen atoms in total. The Balaban J connectivity index is 1.89. The van der Waals surface area contributed by atoms with E-state index < -0.39 is 0 Å². The summed E-state index contributed by atoms with van der Waals surface area (Å²) in [4.78, 5) is 18.3. The Morgan fingerprint density at radius 3 is 2.88 bits per heavy atom. The number of nitrogens with zero attached hydrogens (tertiary/aromatic N) is 2. The smallest absolute Gasteiger partial charge is 0.320 e. The number of hydrogen-bond acceptors (Lipinski definition) is 4. The van der Waals surface area contributed by atoms with Crippen molar-refractivity contribution in [3.63, 3.8) is 0 Å². The van der Waals surface area contributed by atoms with E-state index in [1.807, 2.05) is 25.1 Å². The first-order valence-corrected chi connectivity index (χ1v) is 8.47. The summed E-state index contributed by atoms with van der Waals surface area (Å²) >= 11 is 6.31. The molecule has 1 aromatic heterocycles. The van der Waals surface area contributed by atoms with E-state index in [1.165, 1.54) is 0 Å². The summed E-state index contributed by atoms with van der Waals surface area (Å²) in [5.74, 6) is 0.513. The van der Waals surface area contributed by atoms with E-state index in [9.17, 15) is 4.79 Å². The zero-order valence-corrected chi connectivity index (χ0v) is 14.4. The van der Waals surface area contributed by atoms with E-state index in [0.717, 1.165) is 49.2 Å². The van der Waals surface area contributed by atoms with Crippen LogP contribution in [0.4, 0.5) is 10.6 Å². The summed E-state index contributed by atoms with van der Waals surface area (Å²) in [6.07, 6.45) is 1.71. The van der Waals surface area contributed by atoms with Gasteiger partial charge in [-0.3, -0.25) is 10.2 Å². The third-order valence-corrected chi connectivity index (χ3v) is 4.34. The Hall–Kier alpha value is -1.89. The number of anilines is 1. The molecule has 0 aliphatic carbocycles. The Morgan fingerprint density at radius 2 is 2.12 bits per heavy atom. The molecule has 0 atom stereocenters. The molecule has 2 N–H and O–H groups in total. The predicted octanol–water partition coefficient (Wildman–Crippen LogP) is 2.86. The minimum Gasteiger partial charge on any atom is -0.379 e. The maximum atomic E-state index is 11.7. The largest absolute Gasteiger partial charge is 0.379 e. The third-order valence-electron chi connectivity index (χ3n) is 4.01. The lowest BCUT2D eigenvalue weighted by Crippen LogP contribution is -2.35. The van der Waals surface area contributed by atoms with Crippen LogP contribution in [0.2, 0.25) is 5.02 Å². The van der Waals surface area contributed by atoms with Gasteiger partial charge in [-0.2, -0.15) is 0 Å². The number of carbonyl (C=O) groups excluding carboxylic acids is 1. The number of aromatic nitrogens is 1. The molecular weight excluding hydrogens is 328 g/mol. The molecule has 1 aromatic carbocycles. The second kappa shape index (κ2) is 7.79. The molecule has 1 fully saturated rings. The number of fused-ring (bicyclic) bond motifs is 1. The summed E-state index contributed by atoms with van der Waals surface area (Å²) < 4.78 is 5.40. The average molecular weight is 349 g/mol. The Kier molecular flexibility index (Phi) is 5.50. The molecule has 0 saturated carbocycles. The van der Waals surface area contributed by atoms with Crippen LogP contribution in [0.1, 0.15) is 12.5 Å². The molecule has 7 heteroatoms. The molecule has 24 heavy (non-hydrogen) atoms. The van der Waals surface area contributed by atoms with E-state index in [0.29, 0.717) is 17.4 Å². The number of carbonyl (C=O) groups is 1. The van der Waals surface area contributed by atoms with Crippen LogP contribution in [0.3, 0.4) is 0 Å². The molecule has 2 aromatic rings. The zero-order valence-electron chi connectivity index (χ0n) is 13.6. The van der Waals surface area contributed by atoms with Gasteiger partial charge in [0.1, 0.15) is 5.82 Å². The molecule has 1 aliphatic rings. The van der Waals surface area contributed by atoms with Gasteiger partial charge in [-0.05, 0) is 30.0 Å². The molecule has 0 radical (unpaired) electrons. The number of morpholine rings is 1. The van der Waals surface area contributed by atoms with Gasteiger partial charge >= 0.3 is 6.03 Å². The fourth-order valence-corrected chi connectivity index (χ4v) is 3.01. The molecule has 2 heterocycles. The van der Waals surface area contributed by atoms with E-state index in [-0.39, 0.29) is 6.03 Å². The van der Waals surface area contributed by atoms with E-state index in [1.54, 1.807) is 6.20 Å². The van der Waals surface area contributed by atoms with Crippen molar-refractivity contribution in [3.8, 4) is 0 Å². The van der Waals surface area contributed by atoms with Crippen molar-refractivity contribution in [1.29, 1.82) is 0 Å². The Bertz CT molecular complexity index is 732. The van der Waals surface area contributed by atoms with Crippen LogP contribution in [0.5, 0.6) is 0 Å². The van der Waals surface area contributed by atoms with Crippen LogP contribution in [-0.2, 0) is 11.3 Å². The first-order chi connectivity index (χ1) is 11.7. The molecule has 2 amide bonds. The Labute approximate surface area is 146 Å². The minimum absolute atomic E-state index is 0.263. The van der Waals surface area contributed by atoms with Crippen LogP contribution in [0.15, 0.2) is 24.4 Å². The van der Waals surface area contributed by atoms with Gasteiger partial charge < -0.3 is 10.1 Å². The third kappa shape index (κ3) is 3.95. The van der Waals surface area contributed by atoms with Crippen molar-refractivity contribution in [2.24, 2.45) is 0 Å². The van der Waals surface area contributed by atoms with Gasteiger partial charge in [0.05, 0.1) is 13.2 Å². The second-order valence-electron chi connectivity index (χ2n) is 5.69. The van der Waals surface area contributed by atoms with Gasteiger partial charge in [-0.25, -0.2) is 9.78 Å².